The van der Waals surface area contributed by atoms with Crippen LogP contribution >= 0.6 is 0 Å². The summed E-state index contributed by atoms with van der Waals surface area (Å²) in [6.45, 7) is 8.91. The molecule has 124 valence electrons. The van der Waals surface area contributed by atoms with Gasteiger partial charge in [-0.3, -0.25) is 0 Å². The van der Waals surface area contributed by atoms with Crippen molar-refractivity contribution in [1.29, 1.82) is 0 Å². The van der Waals surface area contributed by atoms with E-state index in [1.165, 1.54) is 0 Å². The van der Waals surface area contributed by atoms with Gasteiger partial charge in [-0.05, 0) is 30.4 Å². The molecule has 1 heterocycles. The third kappa shape index (κ3) is 4.03. The lowest BCUT2D eigenvalue weighted by Gasteiger charge is -2.30. The molecule has 5 nitrogen and oxygen atoms in total. The minimum atomic E-state index is -0.214. The van der Waals surface area contributed by atoms with Gasteiger partial charge in [-0.25, -0.2) is 4.79 Å². The van der Waals surface area contributed by atoms with Gasteiger partial charge in [-0.2, -0.15) is 0 Å². The van der Waals surface area contributed by atoms with E-state index in [1.54, 1.807) is 0 Å². The van der Waals surface area contributed by atoms with Gasteiger partial charge in [0.25, 0.3) is 0 Å². The monoisotopic (exact) mass is 308 g/mol. The number of hydrogen-bond donors (Lipinski definition) is 3. The molecule has 0 bridgehead atoms. The summed E-state index contributed by atoms with van der Waals surface area (Å²) < 4.78 is 5.82. The Kier molecular flexibility index (Phi) is 4.85. The highest BCUT2D eigenvalue weighted by molar-refractivity contribution is 5.74. The molecule has 1 aliphatic carbocycles. The summed E-state index contributed by atoms with van der Waals surface area (Å²) in [6.07, 6.45) is 2.79. The highest BCUT2D eigenvalue weighted by Gasteiger charge is 2.42. The van der Waals surface area contributed by atoms with Gasteiger partial charge in [-0.1, -0.05) is 27.7 Å². The van der Waals surface area contributed by atoms with Crippen LogP contribution in [-0.4, -0.2) is 24.3 Å². The highest BCUT2D eigenvalue weighted by atomic mass is 16.3. The zero-order valence-corrected chi connectivity index (χ0v) is 14.0. The summed E-state index contributed by atoms with van der Waals surface area (Å²) >= 11 is 0. The van der Waals surface area contributed by atoms with Crippen molar-refractivity contribution in [3.63, 3.8) is 0 Å². The van der Waals surface area contributed by atoms with E-state index in [4.69, 9.17) is 4.42 Å². The van der Waals surface area contributed by atoms with Gasteiger partial charge in [0.2, 0.25) is 0 Å². The largest absolute Gasteiger partial charge is 0.464 e. The Bertz CT molecular complexity index is 512. The molecule has 22 heavy (non-hydrogen) atoms. The predicted molar refractivity (Wildman–Crippen MR) is 85.6 cm³/mol. The van der Waals surface area contributed by atoms with Crippen LogP contribution in [0.25, 0.3) is 0 Å². The van der Waals surface area contributed by atoms with E-state index in [2.05, 4.69) is 31.4 Å². The van der Waals surface area contributed by atoms with E-state index < -0.39 is 0 Å². The lowest BCUT2D eigenvalue weighted by atomic mass is 9.85. The van der Waals surface area contributed by atoms with Gasteiger partial charge in [0.1, 0.15) is 11.5 Å². The van der Waals surface area contributed by atoms with Gasteiger partial charge < -0.3 is 20.2 Å². The molecule has 0 spiro atoms. The summed E-state index contributed by atoms with van der Waals surface area (Å²) in [5.41, 5.74) is -0.247. The molecule has 0 saturated heterocycles. The molecular weight excluding hydrogens is 280 g/mol. The number of carbonyl (C=O) groups is 1. The molecule has 1 aliphatic rings. The summed E-state index contributed by atoms with van der Waals surface area (Å²) in [5, 5.41) is 15.2. The lowest BCUT2D eigenvalue weighted by Crippen LogP contribution is -2.44. The Morgan fingerprint density at radius 1 is 1.41 bits per heavy atom. The second kappa shape index (κ2) is 6.32. The number of amides is 2. The molecule has 1 atom stereocenters. The van der Waals surface area contributed by atoms with Gasteiger partial charge in [0.15, 0.2) is 0 Å². The van der Waals surface area contributed by atoms with Crippen LogP contribution in [0.1, 0.15) is 58.1 Å². The standard InChI is InChI=1S/C17H28N2O3/c1-5-12-6-7-13(22-12)14(16(2,3)4)19-15(21)18-10-17(11-20)8-9-17/h6-7,14,20H,5,8-11H2,1-4H3,(H2,18,19,21). The van der Waals surface area contributed by atoms with Crippen LogP contribution in [0.4, 0.5) is 4.79 Å². The van der Waals surface area contributed by atoms with E-state index in [1.807, 2.05) is 19.1 Å². The quantitative estimate of drug-likeness (QED) is 0.756. The van der Waals surface area contributed by atoms with E-state index in [9.17, 15) is 9.90 Å². The van der Waals surface area contributed by atoms with Crippen LogP contribution in [0, 0.1) is 10.8 Å². The molecular formula is C17H28N2O3. The molecule has 2 rings (SSSR count). The lowest BCUT2D eigenvalue weighted by molar-refractivity contribution is 0.191. The van der Waals surface area contributed by atoms with E-state index in [0.717, 1.165) is 30.8 Å². The van der Waals surface area contributed by atoms with Crippen LogP contribution in [0.5, 0.6) is 0 Å². The van der Waals surface area contributed by atoms with Crippen molar-refractivity contribution >= 4 is 6.03 Å². The SMILES string of the molecule is CCc1ccc(C(NC(=O)NCC2(CO)CC2)C(C)(C)C)o1. The third-order valence-electron chi connectivity index (χ3n) is 4.37. The number of nitrogens with one attached hydrogen (secondary N) is 2. The van der Waals surface area contributed by atoms with Crippen LogP contribution in [0.3, 0.4) is 0 Å². The average molecular weight is 308 g/mol. The van der Waals surface area contributed by atoms with Crippen molar-refractivity contribution < 1.29 is 14.3 Å². The smallest absolute Gasteiger partial charge is 0.315 e. The van der Waals surface area contributed by atoms with Crippen LogP contribution in [0.2, 0.25) is 0 Å². The fraction of sp³-hybridized carbons (Fsp3) is 0.706. The molecule has 3 N–H and O–H groups in total. The Labute approximate surface area is 132 Å². The van der Waals surface area contributed by atoms with Crippen molar-refractivity contribution in [3.8, 4) is 0 Å². The summed E-state index contributed by atoms with van der Waals surface area (Å²) in [7, 11) is 0. The number of hydrogen-bond acceptors (Lipinski definition) is 3. The Morgan fingerprint density at radius 2 is 2.09 bits per heavy atom. The van der Waals surface area contributed by atoms with Gasteiger partial charge in [0.05, 0.1) is 12.6 Å². The minimum absolute atomic E-state index is 0.0887. The highest BCUT2D eigenvalue weighted by Crippen LogP contribution is 2.44. The normalized spacial score (nSPS) is 17.9. The summed E-state index contributed by atoms with van der Waals surface area (Å²) in [6, 6.07) is 3.48. The molecule has 1 unspecified atom stereocenters. The van der Waals surface area contributed by atoms with Crippen molar-refractivity contribution in [3.05, 3.63) is 23.7 Å². The van der Waals surface area contributed by atoms with Crippen molar-refractivity contribution in [1.82, 2.24) is 10.6 Å². The Balaban J connectivity index is 1.99. The number of aryl methyl sites for hydroxylation is 1. The third-order valence-corrected chi connectivity index (χ3v) is 4.37. The van der Waals surface area contributed by atoms with Gasteiger partial charge >= 0.3 is 6.03 Å². The van der Waals surface area contributed by atoms with E-state index in [0.29, 0.717) is 6.54 Å². The van der Waals surface area contributed by atoms with Crippen molar-refractivity contribution in [2.45, 2.75) is 53.0 Å². The molecule has 5 heteroatoms. The topological polar surface area (TPSA) is 74.5 Å². The van der Waals surface area contributed by atoms with Crippen molar-refractivity contribution in [2.75, 3.05) is 13.2 Å². The molecule has 2 amide bonds. The maximum atomic E-state index is 12.2. The summed E-state index contributed by atoms with van der Waals surface area (Å²) in [4.78, 5) is 12.2. The number of aliphatic hydroxyl groups excluding tert-OH is 1. The van der Waals surface area contributed by atoms with E-state index >= 15 is 0 Å². The van der Waals surface area contributed by atoms with Gasteiger partial charge in [-0.15, -0.1) is 0 Å². The first-order chi connectivity index (χ1) is 10.3. The van der Waals surface area contributed by atoms with Crippen LogP contribution < -0.4 is 10.6 Å². The van der Waals surface area contributed by atoms with E-state index in [-0.39, 0.29) is 29.5 Å². The Morgan fingerprint density at radius 3 is 2.55 bits per heavy atom. The molecule has 1 saturated carbocycles. The molecule has 0 aromatic carbocycles. The van der Waals surface area contributed by atoms with Crippen molar-refractivity contribution in [2.24, 2.45) is 10.8 Å². The maximum Gasteiger partial charge on any atom is 0.315 e. The second-order valence-corrected chi connectivity index (χ2v) is 7.44. The maximum absolute atomic E-state index is 12.2. The number of rotatable bonds is 6. The number of carbonyl (C=O) groups excluding carboxylic acids is 1. The fourth-order valence-corrected chi connectivity index (χ4v) is 2.47. The number of furan rings is 1. The first-order valence-electron chi connectivity index (χ1n) is 8.03. The first-order valence-corrected chi connectivity index (χ1v) is 8.03. The minimum Gasteiger partial charge on any atom is -0.464 e. The van der Waals surface area contributed by atoms with Crippen LogP contribution in [0.15, 0.2) is 16.5 Å². The Hall–Kier alpha value is -1.49. The first kappa shape index (κ1) is 16.9. The predicted octanol–water partition coefficient (Wildman–Crippen LogP) is 3.00. The molecule has 0 aliphatic heterocycles. The zero-order valence-electron chi connectivity index (χ0n) is 14.0. The molecule has 1 fully saturated rings. The van der Waals surface area contributed by atoms with Gasteiger partial charge in [0, 0.05) is 18.4 Å². The summed E-state index contributed by atoms with van der Waals surface area (Å²) in [5.74, 6) is 1.70. The average Bonchev–Trinajstić information content (AvgIpc) is 3.10. The number of urea groups is 1. The molecule has 1 aromatic rings. The second-order valence-electron chi connectivity index (χ2n) is 7.44. The zero-order chi connectivity index (χ0) is 16.4. The van der Waals surface area contributed by atoms with Crippen LogP contribution in [-0.2, 0) is 6.42 Å². The number of aliphatic hydroxyl groups is 1. The fourth-order valence-electron chi connectivity index (χ4n) is 2.47. The molecule has 0 radical (unpaired) electrons. The molecule has 1 aromatic heterocycles.